The van der Waals surface area contributed by atoms with E-state index in [0.29, 0.717) is 30.3 Å². The summed E-state index contributed by atoms with van der Waals surface area (Å²) in [6, 6.07) is 14.5. The van der Waals surface area contributed by atoms with E-state index in [4.69, 9.17) is 19.2 Å². The number of furan rings is 1. The van der Waals surface area contributed by atoms with E-state index >= 15 is 0 Å². The molecule has 0 spiro atoms. The Balaban J connectivity index is 1.75. The molecule has 3 rings (SSSR count). The summed E-state index contributed by atoms with van der Waals surface area (Å²) < 4.78 is 16.0. The number of hydrogen-bond donors (Lipinski definition) is 0. The van der Waals surface area contributed by atoms with E-state index in [-0.39, 0.29) is 12.5 Å². The molecule has 0 aliphatic carbocycles. The van der Waals surface area contributed by atoms with Crippen LogP contribution in [0.25, 0.3) is 6.08 Å². The maximum atomic E-state index is 12.9. The van der Waals surface area contributed by atoms with Gasteiger partial charge < -0.3 is 18.8 Å². The minimum atomic E-state index is -0.168. The van der Waals surface area contributed by atoms with Gasteiger partial charge in [0.1, 0.15) is 11.8 Å². The van der Waals surface area contributed by atoms with Gasteiger partial charge in [0.15, 0.2) is 18.1 Å². The monoisotopic (exact) mass is 403 g/mol. The molecule has 1 aromatic carbocycles. The molecule has 0 unspecified atom stereocenters. The molecular weight excluding hydrogens is 382 g/mol. The van der Waals surface area contributed by atoms with Crippen LogP contribution in [0.15, 0.2) is 71.6 Å². The standard InChI is InChI=1S/C23H21N3O4/c1-28-22-14-18(6-8-21(22)30-13-10-24)7-9-23(27)26(17-20-5-3-12-29-20)16-19-4-2-11-25-15-19/h2-9,11-12,14-15H,13,16-17H2,1H3/b9-7+. The molecule has 30 heavy (non-hydrogen) atoms. The number of hydrogen-bond acceptors (Lipinski definition) is 6. The summed E-state index contributed by atoms with van der Waals surface area (Å²) in [6.07, 6.45) is 8.22. The van der Waals surface area contributed by atoms with Crippen molar-refractivity contribution in [3.05, 3.63) is 84.1 Å². The molecule has 0 saturated heterocycles. The van der Waals surface area contributed by atoms with Crippen LogP contribution in [0.2, 0.25) is 0 Å². The number of aromatic nitrogens is 1. The van der Waals surface area contributed by atoms with E-state index in [9.17, 15) is 4.79 Å². The van der Waals surface area contributed by atoms with Gasteiger partial charge in [-0.3, -0.25) is 9.78 Å². The van der Waals surface area contributed by atoms with Gasteiger partial charge in [0.05, 0.1) is 19.9 Å². The van der Waals surface area contributed by atoms with Gasteiger partial charge in [0.2, 0.25) is 5.91 Å². The van der Waals surface area contributed by atoms with Gasteiger partial charge in [-0.05, 0) is 47.5 Å². The molecule has 0 radical (unpaired) electrons. The number of pyridine rings is 1. The zero-order valence-corrected chi connectivity index (χ0v) is 16.5. The second-order valence-corrected chi connectivity index (χ2v) is 6.33. The quantitative estimate of drug-likeness (QED) is 0.505. The van der Waals surface area contributed by atoms with Crippen molar-refractivity contribution in [2.75, 3.05) is 13.7 Å². The van der Waals surface area contributed by atoms with Crippen LogP contribution in [0.3, 0.4) is 0 Å². The van der Waals surface area contributed by atoms with E-state index < -0.39 is 0 Å². The van der Waals surface area contributed by atoms with Gasteiger partial charge in [0.25, 0.3) is 0 Å². The first-order valence-corrected chi connectivity index (χ1v) is 9.25. The second kappa shape index (κ2) is 10.5. The second-order valence-electron chi connectivity index (χ2n) is 6.33. The summed E-state index contributed by atoms with van der Waals surface area (Å²) in [5, 5.41) is 8.66. The third-order valence-corrected chi connectivity index (χ3v) is 4.23. The molecule has 0 saturated carbocycles. The summed E-state index contributed by atoms with van der Waals surface area (Å²) in [5.74, 6) is 1.49. The largest absolute Gasteiger partial charge is 0.493 e. The molecule has 1 amide bonds. The van der Waals surface area contributed by atoms with Crippen LogP contribution in [0, 0.1) is 11.3 Å². The predicted octanol–water partition coefficient (Wildman–Crippen LogP) is 3.83. The average molecular weight is 403 g/mol. The van der Waals surface area contributed by atoms with E-state index in [1.807, 2.05) is 24.3 Å². The van der Waals surface area contributed by atoms with Crippen LogP contribution in [0.4, 0.5) is 0 Å². The summed E-state index contributed by atoms with van der Waals surface area (Å²) in [6.45, 7) is 0.678. The number of carbonyl (C=O) groups excluding carboxylic acids is 1. The van der Waals surface area contributed by atoms with Gasteiger partial charge in [-0.1, -0.05) is 12.1 Å². The van der Waals surface area contributed by atoms with E-state index in [0.717, 1.165) is 11.1 Å². The lowest BCUT2D eigenvalue weighted by Crippen LogP contribution is -2.28. The van der Waals surface area contributed by atoms with Gasteiger partial charge in [-0.15, -0.1) is 0 Å². The number of nitrogens with zero attached hydrogens (tertiary/aromatic N) is 3. The molecule has 0 aliphatic heterocycles. The number of carbonyl (C=O) groups is 1. The lowest BCUT2D eigenvalue weighted by molar-refractivity contribution is -0.127. The molecule has 0 aliphatic rings. The Labute approximate surface area is 174 Å². The molecule has 152 valence electrons. The Morgan fingerprint density at radius 1 is 1.23 bits per heavy atom. The number of nitriles is 1. The first-order valence-electron chi connectivity index (χ1n) is 9.25. The Morgan fingerprint density at radius 2 is 2.13 bits per heavy atom. The van der Waals surface area contributed by atoms with E-state index in [2.05, 4.69) is 4.98 Å². The molecule has 2 heterocycles. The topological polar surface area (TPSA) is 88.6 Å². The molecule has 2 aromatic heterocycles. The van der Waals surface area contributed by atoms with Crippen molar-refractivity contribution in [2.45, 2.75) is 13.1 Å². The molecule has 7 heteroatoms. The fourth-order valence-corrected chi connectivity index (χ4v) is 2.80. The van der Waals surface area contributed by atoms with Crippen molar-refractivity contribution < 1.29 is 18.7 Å². The van der Waals surface area contributed by atoms with Crippen LogP contribution in [-0.2, 0) is 17.9 Å². The zero-order valence-electron chi connectivity index (χ0n) is 16.5. The van der Waals surface area contributed by atoms with Gasteiger partial charge in [-0.25, -0.2) is 0 Å². The number of amides is 1. The number of rotatable bonds is 9. The highest BCUT2D eigenvalue weighted by atomic mass is 16.5. The van der Waals surface area contributed by atoms with Crippen molar-refractivity contribution in [1.29, 1.82) is 5.26 Å². The highest BCUT2D eigenvalue weighted by molar-refractivity contribution is 5.91. The lowest BCUT2D eigenvalue weighted by Gasteiger charge is -2.20. The molecule has 0 fully saturated rings. The fourth-order valence-electron chi connectivity index (χ4n) is 2.80. The zero-order chi connectivity index (χ0) is 21.2. The summed E-state index contributed by atoms with van der Waals surface area (Å²) in [7, 11) is 1.52. The van der Waals surface area contributed by atoms with E-state index in [1.54, 1.807) is 53.9 Å². The van der Waals surface area contributed by atoms with Crippen LogP contribution >= 0.6 is 0 Å². The highest BCUT2D eigenvalue weighted by Gasteiger charge is 2.14. The molecule has 0 atom stereocenters. The fraction of sp³-hybridized carbons (Fsp3) is 0.174. The Bertz CT molecular complexity index is 1020. The molecule has 7 nitrogen and oxygen atoms in total. The van der Waals surface area contributed by atoms with Crippen molar-refractivity contribution in [3.8, 4) is 17.6 Å². The van der Waals surface area contributed by atoms with Gasteiger partial charge in [-0.2, -0.15) is 5.26 Å². The van der Waals surface area contributed by atoms with Gasteiger partial charge >= 0.3 is 0 Å². The number of methoxy groups -OCH3 is 1. The van der Waals surface area contributed by atoms with Crippen molar-refractivity contribution in [1.82, 2.24) is 9.88 Å². The van der Waals surface area contributed by atoms with Crippen LogP contribution in [-0.4, -0.2) is 29.5 Å². The summed E-state index contributed by atoms with van der Waals surface area (Å²) in [5.41, 5.74) is 1.69. The third-order valence-electron chi connectivity index (χ3n) is 4.23. The smallest absolute Gasteiger partial charge is 0.247 e. The maximum absolute atomic E-state index is 12.9. The summed E-state index contributed by atoms with van der Waals surface area (Å²) >= 11 is 0. The first kappa shape index (κ1) is 20.7. The van der Waals surface area contributed by atoms with Crippen LogP contribution in [0.5, 0.6) is 11.5 Å². The van der Waals surface area contributed by atoms with Crippen molar-refractivity contribution in [3.63, 3.8) is 0 Å². The third kappa shape index (κ3) is 5.72. The van der Waals surface area contributed by atoms with Crippen LogP contribution in [0.1, 0.15) is 16.9 Å². The normalized spacial score (nSPS) is 10.5. The molecule has 0 bridgehead atoms. The SMILES string of the molecule is COc1cc(/C=C/C(=O)N(Cc2cccnc2)Cc2ccco2)ccc1OCC#N. The summed E-state index contributed by atoms with van der Waals surface area (Å²) in [4.78, 5) is 18.7. The predicted molar refractivity (Wildman–Crippen MR) is 110 cm³/mol. The highest BCUT2D eigenvalue weighted by Crippen LogP contribution is 2.28. The Hall–Kier alpha value is -4.05. The lowest BCUT2D eigenvalue weighted by atomic mass is 10.1. The minimum absolute atomic E-state index is 0.0693. The average Bonchev–Trinajstić information content (AvgIpc) is 3.29. The number of ether oxygens (including phenoxy) is 2. The van der Waals surface area contributed by atoms with Crippen molar-refractivity contribution >= 4 is 12.0 Å². The first-order chi connectivity index (χ1) is 14.7. The van der Waals surface area contributed by atoms with Crippen LogP contribution < -0.4 is 9.47 Å². The molecule has 0 N–H and O–H groups in total. The van der Waals surface area contributed by atoms with Gasteiger partial charge in [0, 0.05) is 25.0 Å². The van der Waals surface area contributed by atoms with E-state index in [1.165, 1.54) is 13.2 Å². The van der Waals surface area contributed by atoms with Crippen molar-refractivity contribution in [2.24, 2.45) is 0 Å². The number of benzene rings is 1. The minimum Gasteiger partial charge on any atom is -0.493 e. The maximum Gasteiger partial charge on any atom is 0.247 e. The Kier molecular flexibility index (Phi) is 7.23. The molecule has 3 aromatic rings. The Morgan fingerprint density at radius 3 is 2.83 bits per heavy atom. The molecular formula is C23H21N3O4.